The highest BCUT2D eigenvalue weighted by Gasteiger charge is 2.10. The maximum Gasteiger partial charge on any atom is 0.269 e. The van der Waals surface area contributed by atoms with Crippen molar-refractivity contribution in [2.24, 2.45) is 0 Å². The average Bonchev–Trinajstić information content (AvgIpc) is 2.96. The van der Waals surface area contributed by atoms with Gasteiger partial charge in [0, 0.05) is 25.5 Å². The molecule has 2 N–H and O–H groups in total. The maximum atomic E-state index is 11.5. The lowest BCUT2D eigenvalue weighted by Crippen LogP contribution is -2.22. The zero-order valence-electron chi connectivity index (χ0n) is 11.5. The van der Waals surface area contributed by atoms with Gasteiger partial charge >= 0.3 is 0 Å². The van der Waals surface area contributed by atoms with Crippen LogP contribution in [0.2, 0.25) is 0 Å². The van der Waals surface area contributed by atoms with Crippen LogP contribution in [0.3, 0.4) is 0 Å². The summed E-state index contributed by atoms with van der Waals surface area (Å²) in [6, 6.07) is 3.68. The van der Waals surface area contributed by atoms with Crippen LogP contribution in [0.25, 0.3) is 0 Å². The molecular weight excluding hydrogens is 240 g/mol. The number of carbonyl (C=O) groups excluding carboxylic acids is 1. The molecule has 0 atom stereocenters. The van der Waals surface area contributed by atoms with E-state index in [1.165, 1.54) is 25.9 Å². The Morgan fingerprint density at radius 2 is 2.21 bits per heavy atom. The van der Waals surface area contributed by atoms with Crippen LogP contribution in [0, 0.1) is 0 Å². The Balaban J connectivity index is 1.74. The van der Waals surface area contributed by atoms with E-state index in [2.05, 4.69) is 20.5 Å². The molecule has 0 spiro atoms. The van der Waals surface area contributed by atoms with E-state index in [0.29, 0.717) is 5.69 Å². The van der Waals surface area contributed by atoms with E-state index in [0.717, 1.165) is 25.2 Å². The third-order valence-electron chi connectivity index (χ3n) is 3.40. The molecule has 5 nitrogen and oxygen atoms in total. The van der Waals surface area contributed by atoms with Gasteiger partial charge in [-0.2, -0.15) is 0 Å². The Hall–Kier alpha value is -1.62. The Labute approximate surface area is 114 Å². The van der Waals surface area contributed by atoms with Crippen molar-refractivity contribution in [2.45, 2.75) is 19.3 Å². The highest BCUT2D eigenvalue weighted by Crippen LogP contribution is 2.09. The highest BCUT2D eigenvalue weighted by molar-refractivity contribution is 5.92. The predicted molar refractivity (Wildman–Crippen MR) is 76.4 cm³/mol. The number of aromatic nitrogens is 1. The first-order valence-electron chi connectivity index (χ1n) is 6.94. The van der Waals surface area contributed by atoms with E-state index < -0.39 is 0 Å². The van der Waals surface area contributed by atoms with Crippen molar-refractivity contribution >= 4 is 11.6 Å². The number of anilines is 1. The number of carbonyl (C=O) groups is 1. The largest absolute Gasteiger partial charge is 0.385 e. The number of likely N-dealkylation sites (tertiary alicyclic amines) is 1. The quantitative estimate of drug-likeness (QED) is 0.760. The summed E-state index contributed by atoms with van der Waals surface area (Å²) in [6.07, 6.45) is 5.46. The molecule has 2 heterocycles. The van der Waals surface area contributed by atoms with Gasteiger partial charge in [0.1, 0.15) is 5.69 Å². The van der Waals surface area contributed by atoms with Gasteiger partial charge in [-0.15, -0.1) is 0 Å². The van der Waals surface area contributed by atoms with Crippen molar-refractivity contribution < 1.29 is 4.79 Å². The van der Waals surface area contributed by atoms with E-state index in [9.17, 15) is 4.79 Å². The minimum Gasteiger partial charge on any atom is -0.385 e. The molecule has 0 aromatic carbocycles. The summed E-state index contributed by atoms with van der Waals surface area (Å²) in [5, 5.41) is 5.92. The molecule has 1 amide bonds. The van der Waals surface area contributed by atoms with Gasteiger partial charge in [0.25, 0.3) is 5.91 Å². The Morgan fingerprint density at radius 1 is 1.42 bits per heavy atom. The average molecular weight is 262 g/mol. The van der Waals surface area contributed by atoms with Crippen LogP contribution in [-0.4, -0.2) is 49.0 Å². The van der Waals surface area contributed by atoms with E-state index in [1.807, 2.05) is 6.07 Å². The van der Waals surface area contributed by atoms with Crippen LogP contribution in [0.4, 0.5) is 5.69 Å². The summed E-state index contributed by atoms with van der Waals surface area (Å²) < 4.78 is 0. The third kappa shape index (κ3) is 4.21. The summed E-state index contributed by atoms with van der Waals surface area (Å²) in [4.78, 5) is 18.0. The summed E-state index contributed by atoms with van der Waals surface area (Å²) in [7, 11) is 1.61. The Kier molecular flexibility index (Phi) is 5.15. The Morgan fingerprint density at radius 3 is 2.95 bits per heavy atom. The molecule has 1 aliphatic heterocycles. The van der Waals surface area contributed by atoms with E-state index in [4.69, 9.17) is 0 Å². The van der Waals surface area contributed by atoms with Crippen LogP contribution >= 0.6 is 0 Å². The van der Waals surface area contributed by atoms with Crippen molar-refractivity contribution in [1.82, 2.24) is 15.2 Å². The number of amides is 1. The molecule has 19 heavy (non-hydrogen) atoms. The second-order valence-electron chi connectivity index (χ2n) is 4.84. The lowest BCUT2D eigenvalue weighted by Gasteiger charge is -2.14. The minimum atomic E-state index is -0.152. The molecule has 0 bridgehead atoms. The summed E-state index contributed by atoms with van der Waals surface area (Å²) in [5.41, 5.74) is 1.40. The zero-order valence-corrected chi connectivity index (χ0v) is 11.5. The standard InChI is InChI=1S/C14H22N4O/c1-15-14(19)13-11-12(5-7-17-13)16-6-4-10-18-8-2-3-9-18/h5,7,11H,2-4,6,8-10H2,1H3,(H,15,19)(H,16,17). The fourth-order valence-corrected chi connectivity index (χ4v) is 2.33. The van der Waals surface area contributed by atoms with Crippen molar-refractivity contribution in [3.05, 3.63) is 24.0 Å². The summed E-state index contributed by atoms with van der Waals surface area (Å²) in [6.45, 7) is 4.57. The highest BCUT2D eigenvalue weighted by atomic mass is 16.1. The first-order valence-corrected chi connectivity index (χ1v) is 6.94. The van der Waals surface area contributed by atoms with Crippen LogP contribution < -0.4 is 10.6 Å². The molecule has 1 aromatic rings. The molecule has 0 saturated carbocycles. The molecule has 1 aliphatic rings. The van der Waals surface area contributed by atoms with E-state index in [1.54, 1.807) is 19.3 Å². The first kappa shape index (κ1) is 13.8. The van der Waals surface area contributed by atoms with Gasteiger partial charge in [-0.05, 0) is 51.0 Å². The molecule has 1 fully saturated rings. The number of hydrogen-bond donors (Lipinski definition) is 2. The number of hydrogen-bond acceptors (Lipinski definition) is 4. The molecule has 2 rings (SSSR count). The molecule has 1 aromatic heterocycles. The normalized spacial score (nSPS) is 15.4. The SMILES string of the molecule is CNC(=O)c1cc(NCCCN2CCCC2)ccn1. The van der Waals surface area contributed by atoms with Crippen molar-refractivity contribution in [3.8, 4) is 0 Å². The number of nitrogens with one attached hydrogen (secondary N) is 2. The summed E-state index contributed by atoms with van der Waals surface area (Å²) >= 11 is 0. The zero-order chi connectivity index (χ0) is 13.5. The smallest absolute Gasteiger partial charge is 0.269 e. The molecule has 0 unspecified atom stereocenters. The Bertz CT molecular complexity index is 416. The van der Waals surface area contributed by atoms with Gasteiger partial charge in [-0.25, -0.2) is 0 Å². The topological polar surface area (TPSA) is 57.3 Å². The monoisotopic (exact) mass is 262 g/mol. The van der Waals surface area contributed by atoms with Crippen LogP contribution in [0.1, 0.15) is 29.8 Å². The lowest BCUT2D eigenvalue weighted by molar-refractivity contribution is 0.0958. The molecular formula is C14H22N4O. The predicted octanol–water partition coefficient (Wildman–Crippen LogP) is 1.34. The molecule has 0 radical (unpaired) electrons. The molecule has 1 saturated heterocycles. The van der Waals surface area contributed by atoms with E-state index >= 15 is 0 Å². The van der Waals surface area contributed by atoms with Gasteiger partial charge < -0.3 is 15.5 Å². The van der Waals surface area contributed by atoms with Crippen LogP contribution in [0.15, 0.2) is 18.3 Å². The number of nitrogens with zero attached hydrogens (tertiary/aromatic N) is 2. The molecule has 104 valence electrons. The molecule has 5 heteroatoms. The van der Waals surface area contributed by atoms with Crippen LogP contribution in [0.5, 0.6) is 0 Å². The minimum absolute atomic E-state index is 0.152. The van der Waals surface area contributed by atoms with Gasteiger partial charge in [0.15, 0.2) is 0 Å². The van der Waals surface area contributed by atoms with Crippen molar-refractivity contribution in [1.29, 1.82) is 0 Å². The second kappa shape index (κ2) is 7.09. The van der Waals surface area contributed by atoms with Crippen molar-refractivity contribution in [3.63, 3.8) is 0 Å². The number of pyridine rings is 1. The fourth-order valence-electron chi connectivity index (χ4n) is 2.33. The van der Waals surface area contributed by atoms with Gasteiger partial charge in [-0.1, -0.05) is 0 Å². The lowest BCUT2D eigenvalue weighted by atomic mass is 10.3. The van der Waals surface area contributed by atoms with Gasteiger partial charge in [0.2, 0.25) is 0 Å². The second-order valence-corrected chi connectivity index (χ2v) is 4.84. The first-order chi connectivity index (χ1) is 9.29. The third-order valence-corrected chi connectivity index (χ3v) is 3.40. The van der Waals surface area contributed by atoms with Gasteiger partial charge in [-0.3, -0.25) is 9.78 Å². The number of rotatable bonds is 6. The fraction of sp³-hybridized carbons (Fsp3) is 0.571. The van der Waals surface area contributed by atoms with Crippen molar-refractivity contribution in [2.75, 3.05) is 38.5 Å². The van der Waals surface area contributed by atoms with Gasteiger partial charge in [0.05, 0.1) is 0 Å². The van der Waals surface area contributed by atoms with Crippen LogP contribution in [-0.2, 0) is 0 Å². The summed E-state index contributed by atoms with van der Waals surface area (Å²) in [5.74, 6) is -0.152. The van der Waals surface area contributed by atoms with E-state index in [-0.39, 0.29) is 5.91 Å². The molecule has 0 aliphatic carbocycles. The maximum absolute atomic E-state index is 11.5.